The predicted octanol–water partition coefficient (Wildman–Crippen LogP) is 2.56. The highest BCUT2D eigenvalue weighted by atomic mass is 16.2. The average Bonchev–Trinajstić information content (AvgIpc) is 3.04. The van der Waals surface area contributed by atoms with Gasteiger partial charge in [0.05, 0.1) is 6.54 Å². The lowest BCUT2D eigenvalue weighted by atomic mass is 9.88. The number of hydrogen-bond donors (Lipinski definition) is 1. The van der Waals surface area contributed by atoms with Gasteiger partial charge in [-0.1, -0.05) is 39.0 Å². The van der Waals surface area contributed by atoms with Crippen LogP contribution in [-0.2, 0) is 28.0 Å². The first-order valence-electron chi connectivity index (χ1n) is 8.42. The Hall–Kier alpha value is -2.17. The lowest BCUT2D eigenvalue weighted by molar-refractivity contribution is -0.136. The second kappa shape index (κ2) is 5.43. The van der Waals surface area contributed by atoms with Gasteiger partial charge >= 0.3 is 6.03 Å². The molecule has 1 aromatic rings. The standard InChI is InChI=1S/C19H24N2O3/c1-18(2,3)15(22)11-21-16(23)19(4,20-17(21)24)14-9-8-12-6-5-7-13(12)10-14/h8-10H,5-7,11H2,1-4H3,(H,20,24)/t19-/m0/s1. The number of ketones is 1. The molecule has 1 N–H and O–H groups in total. The van der Waals surface area contributed by atoms with Gasteiger partial charge in [0.1, 0.15) is 5.54 Å². The number of Topliss-reactive ketones (excluding diaryl/α,β-unsaturated/α-hetero) is 1. The second-order valence-electron chi connectivity index (χ2n) is 7.96. The Bertz CT molecular complexity index is 733. The molecule has 24 heavy (non-hydrogen) atoms. The quantitative estimate of drug-likeness (QED) is 0.867. The van der Waals surface area contributed by atoms with Crippen molar-refractivity contribution in [3.05, 3.63) is 34.9 Å². The van der Waals surface area contributed by atoms with Crippen molar-refractivity contribution in [3.63, 3.8) is 0 Å². The first-order chi connectivity index (χ1) is 11.1. The Morgan fingerprint density at radius 1 is 1.21 bits per heavy atom. The van der Waals surface area contributed by atoms with Gasteiger partial charge in [0.2, 0.25) is 0 Å². The van der Waals surface area contributed by atoms with Crippen molar-refractivity contribution in [1.82, 2.24) is 10.2 Å². The molecule has 0 spiro atoms. The number of imide groups is 1. The van der Waals surface area contributed by atoms with E-state index in [-0.39, 0.29) is 18.2 Å². The van der Waals surface area contributed by atoms with Crippen LogP contribution in [0.25, 0.3) is 0 Å². The minimum atomic E-state index is -1.10. The second-order valence-corrected chi connectivity index (χ2v) is 7.96. The number of amides is 3. The van der Waals surface area contributed by atoms with Crippen LogP contribution in [0.15, 0.2) is 18.2 Å². The first-order valence-corrected chi connectivity index (χ1v) is 8.42. The fourth-order valence-electron chi connectivity index (χ4n) is 3.30. The third kappa shape index (κ3) is 2.62. The van der Waals surface area contributed by atoms with E-state index in [0.29, 0.717) is 0 Å². The smallest absolute Gasteiger partial charge is 0.319 e. The maximum atomic E-state index is 12.9. The zero-order valence-corrected chi connectivity index (χ0v) is 14.7. The minimum Gasteiger partial charge on any atom is -0.319 e. The van der Waals surface area contributed by atoms with E-state index in [1.807, 2.05) is 18.2 Å². The summed E-state index contributed by atoms with van der Waals surface area (Å²) in [6.07, 6.45) is 3.20. The van der Waals surface area contributed by atoms with Crippen LogP contribution in [0, 0.1) is 5.41 Å². The Morgan fingerprint density at radius 2 is 1.88 bits per heavy atom. The van der Waals surface area contributed by atoms with Crippen LogP contribution in [-0.4, -0.2) is 29.2 Å². The van der Waals surface area contributed by atoms with Crippen LogP contribution in [0.2, 0.25) is 0 Å². The molecule has 0 unspecified atom stereocenters. The maximum Gasteiger partial charge on any atom is 0.325 e. The number of nitrogens with one attached hydrogen (secondary N) is 1. The number of carbonyl (C=O) groups excluding carboxylic acids is 3. The Morgan fingerprint density at radius 3 is 2.54 bits per heavy atom. The van der Waals surface area contributed by atoms with Gasteiger partial charge in [-0.25, -0.2) is 4.79 Å². The maximum absolute atomic E-state index is 12.9. The van der Waals surface area contributed by atoms with E-state index in [9.17, 15) is 14.4 Å². The monoisotopic (exact) mass is 328 g/mol. The fourth-order valence-corrected chi connectivity index (χ4v) is 3.30. The highest BCUT2D eigenvalue weighted by molar-refractivity contribution is 6.09. The molecule has 1 aliphatic heterocycles. The van der Waals surface area contributed by atoms with E-state index < -0.39 is 17.0 Å². The Balaban J connectivity index is 1.88. The van der Waals surface area contributed by atoms with Crippen molar-refractivity contribution in [2.45, 2.75) is 52.5 Å². The fraction of sp³-hybridized carbons (Fsp3) is 0.526. The zero-order valence-electron chi connectivity index (χ0n) is 14.7. The molecule has 1 saturated heterocycles. The van der Waals surface area contributed by atoms with E-state index in [2.05, 4.69) is 5.32 Å². The predicted molar refractivity (Wildman–Crippen MR) is 90.5 cm³/mol. The molecule has 2 aliphatic rings. The van der Waals surface area contributed by atoms with Gasteiger partial charge in [-0.05, 0) is 42.9 Å². The molecule has 128 valence electrons. The number of fused-ring (bicyclic) bond motifs is 1. The summed E-state index contributed by atoms with van der Waals surface area (Å²) in [5.41, 5.74) is 1.66. The Labute approximate surface area is 142 Å². The van der Waals surface area contributed by atoms with E-state index in [4.69, 9.17) is 0 Å². The molecule has 5 heteroatoms. The molecule has 3 amide bonds. The molecule has 0 radical (unpaired) electrons. The van der Waals surface area contributed by atoms with Gasteiger partial charge in [0.15, 0.2) is 5.78 Å². The summed E-state index contributed by atoms with van der Waals surface area (Å²) in [5.74, 6) is -0.493. The third-order valence-corrected chi connectivity index (χ3v) is 5.09. The van der Waals surface area contributed by atoms with Gasteiger partial charge in [0.25, 0.3) is 5.91 Å². The number of aryl methyl sites for hydroxylation is 2. The van der Waals surface area contributed by atoms with E-state index >= 15 is 0 Å². The lowest BCUT2D eigenvalue weighted by Crippen LogP contribution is -2.42. The van der Waals surface area contributed by atoms with Crippen molar-refractivity contribution in [1.29, 1.82) is 0 Å². The van der Waals surface area contributed by atoms with Crippen LogP contribution >= 0.6 is 0 Å². The van der Waals surface area contributed by atoms with Crippen LogP contribution < -0.4 is 5.32 Å². The zero-order chi connectivity index (χ0) is 17.7. The highest BCUT2D eigenvalue weighted by Gasteiger charge is 2.50. The molecule has 1 heterocycles. The van der Waals surface area contributed by atoms with Crippen LogP contribution in [0.3, 0.4) is 0 Å². The normalized spacial score (nSPS) is 23.4. The summed E-state index contributed by atoms with van der Waals surface area (Å²) < 4.78 is 0. The highest BCUT2D eigenvalue weighted by Crippen LogP contribution is 2.33. The molecule has 1 atom stereocenters. The SMILES string of the molecule is CC(C)(C)C(=O)CN1C(=O)N[C@@](C)(c2ccc3c(c2)CCC3)C1=O. The molecule has 0 saturated carbocycles. The summed E-state index contributed by atoms with van der Waals surface area (Å²) in [7, 11) is 0. The van der Waals surface area contributed by atoms with E-state index in [0.717, 1.165) is 29.7 Å². The van der Waals surface area contributed by atoms with Crippen LogP contribution in [0.5, 0.6) is 0 Å². The number of nitrogens with zero attached hydrogens (tertiary/aromatic N) is 1. The third-order valence-electron chi connectivity index (χ3n) is 5.09. The van der Waals surface area contributed by atoms with Crippen molar-refractivity contribution in [2.24, 2.45) is 5.41 Å². The molecular formula is C19H24N2O3. The molecule has 3 rings (SSSR count). The summed E-state index contributed by atoms with van der Waals surface area (Å²) >= 11 is 0. The topological polar surface area (TPSA) is 66.5 Å². The molecule has 5 nitrogen and oxygen atoms in total. The van der Waals surface area contributed by atoms with Crippen molar-refractivity contribution in [2.75, 3.05) is 6.54 Å². The molecular weight excluding hydrogens is 304 g/mol. The number of urea groups is 1. The molecule has 1 aliphatic carbocycles. The van der Waals surface area contributed by atoms with E-state index in [1.165, 1.54) is 11.1 Å². The van der Waals surface area contributed by atoms with Crippen molar-refractivity contribution >= 4 is 17.7 Å². The largest absolute Gasteiger partial charge is 0.325 e. The van der Waals surface area contributed by atoms with Crippen LogP contribution in [0.1, 0.15) is 50.8 Å². The van der Waals surface area contributed by atoms with Crippen molar-refractivity contribution < 1.29 is 14.4 Å². The number of benzene rings is 1. The van der Waals surface area contributed by atoms with Crippen LogP contribution in [0.4, 0.5) is 4.79 Å². The van der Waals surface area contributed by atoms with Gasteiger partial charge in [-0.2, -0.15) is 0 Å². The van der Waals surface area contributed by atoms with Crippen molar-refractivity contribution in [3.8, 4) is 0 Å². The number of hydrogen-bond acceptors (Lipinski definition) is 3. The minimum absolute atomic E-state index is 0.135. The molecule has 0 bridgehead atoms. The lowest BCUT2D eigenvalue weighted by Gasteiger charge is -2.24. The molecule has 1 aromatic carbocycles. The average molecular weight is 328 g/mol. The summed E-state index contributed by atoms with van der Waals surface area (Å²) in [6.45, 7) is 6.88. The van der Waals surface area contributed by atoms with Gasteiger partial charge < -0.3 is 5.32 Å². The van der Waals surface area contributed by atoms with Gasteiger partial charge in [0, 0.05) is 5.41 Å². The number of rotatable bonds is 3. The van der Waals surface area contributed by atoms with Gasteiger partial charge in [-0.3, -0.25) is 14.5 Å². The van der Waals surface area contributed by atoms with E-state index in [1.54, 1.807) is 27.7 Å². The summed E-state index contributed by atoms with van der Waals surface area (Å²) in [6, 6.07) is 5.49. The Kier molecular flexibility index (Phi) is 3.78. The molecule has 1 fully saturated rings. The summed E-state index contributed by atoms with van der Waals surface area (Å²) in [5, 5.41) is 2.78. The molecule has 0 aromatic heterocycles. The van der Waals surface area contributed by atoms with Gasteiger partial charge in [-0.15, -0.1) is 0 Å². The summed E-state index contributed by atoms with van der Waals surface area (Å²) in [4.78, 5) is 38.5. The first kappa shape index (κ1) is 16.7. The number of carbonyl (C=O) groups is 3.